The summed E-state index contributed by atoms with van der Waals surface area (Å²) in [7, 11) is 1.88. The van der Waals surface area contributed by atoms with Crippen LogP contribution < -0.4 is 4.90 Å². The second kappa shape index (κ2) is 7.46. The number of alkyl halides is 3. The van der Waals surface area contributed by atoms with Gasteiger partial charge < -0.3 is 9.47 Å². The second-order valence-corrected chi connectivity index (χ2v) is 8.82. The number of hydrogen-bond donors (Lipinski definition) is 0. The van der Waals surface area contributed by atoms with Crippen molar-refractivity contribution in [2.45, 2.75) is 50.7 Å². The molecule has 8 heteroatoms. The molecule has 1 aromatic heterocycles. The number of halogens is 3. The quantitative estimate of drug-likeness (QED) is 0.547. The number of fused-ring (bicyclic) bond motifs is 1. The van der Waals surface area contributed by atoms with Crippen LogP contribution in [0.2, 0.25) is 0 Å². The molecule has 5 rings (SSSR count). The molecule has 0 radical (unpaired) electrons. The number of anilines is 1. The van der Waals surface area contributed by atoms with Crippen LogP contribution in [0.4, 0.5) is 18.9 Å². The summed E-state index contributed by atoms with van der Waals surface area (Å²) in [6.07, 6.45) is -0.430. The highest BCUT2D eigenvalue weighted by Crippen LogP contribution is 2.46. The molecule has 1 saturated carbocycles. The number of carbonyl (C=O) groups excluding carboxylic acids is 1. The SMILES string of the molecule is C[C@H](Cc1nncn1C)c1cccc(N2Cc3c(cc(C4CC4)cc3C(F)(F)F)C2=O)c1. The van der Waals surface area contributed by atoms with Gasteiger partial charge in [-0.3, -0.25) is 4.79 Å². The number of aromatic nitrogens is 3. The summed E-state index contributed by atoms with van der Waals surface area (Å²) >= 11 is 0. The Kier molecular flexibility index (Phi) is 4.83. The summed E-state index contributed by atoms with van der Waals surface area (Å²) in [4.78, 5) is 14.6. The van der Waals surface area contributed by atoms with E-state index >= 15 is 0 Å². The van der Waals surface area contributed by atoms with Crippen molar-refractivity contribution in [2.75, 3.05) is 4.90 Å². The fourth-order valence-corrected chi connectivity index (χ4v) is 4.43. The number of benzene rings is 2. The lowest BCUT2D eigenvalue weighted by molar-refractivity contribution is -0.138. The Labute approximate surface area is 183 Å². The minimum absolute atomic E-state index is 0.0736. The maximum absolute atomic E-state index is 13.8. The molecule has 0 spiro atoms. The van der Waals surface area contributed by atoms with E-state index in [1.807, 2.05) is 29.8 Å². The summed E-state index contributed by atoms with van der Waals surface area (Å²) in [5.41, 5.74) is 1.79. The summed E-state index contributed by atoms with van der Waals surface area (Å²) in [5, 5.41) is 8.02. The summed E-state index contributed by atoms with van der Waals surface area (Å²) in [5.74, 6) is 0.708. The molecule has 2 heterocycles. The van der Waals surface area contributed by atoms with Gasteiger partial charge in [-0.05, 0) is 65.6 Å². The van der Waals surface area contributed by atoms with Crippen molar-refractivity contribution in [2.24, 2.45) is 7.05 Å². The Morgan fingerprint density at radius 2 is 1.97 bits per heavy atom. The van der Waals surface area contributed by atoms with Crippen LogP contribution in [0.25, 0.3) is 0 Å². The predicted molar refractivity (Wildman–Crippen MR) is 113 cm³/mol. The standard InChI is InChI=1S/C24H23F3N4O/c1-14(8-22-29-28-13-30(22)2)16-4-3-5-18(9-16)31-12-20-19(23(31)32)10-17(15-6-7-15)11-21(20)24(25,26)27/h3-5,9-11,13-15H,6-8,12H2,1-2H3/t14-/m1/s1. The van der Waals surface area contributed by atoms with Gasteiger partial charge in [0.05, 0.1) is 12.1 Å². The lowest BCUT2D eigenvalue weighted by atomic mass is 9.97. The number of rotatable bonds is 5. The molecule has 0 unspecified atom stereocenters. The minimum Gasteiger partial charge on any atom is -0.321 e. The van der Waals surface area contributed by atoms with E-state index in [0.717, 1.165) is 24.2 Å². The van der Waals surface area contributed by atoms with Crippen LogP contribution in [0.1, 0.15) is 70.0 Å². The van der Waals surface area contributed by atoms with Crippen molar-refractivity contribution in [3.63, 3.8) is 0 Å². The van der Waals surface area contributed by atoms with Gasteiger partial charge in [-0.15, -0.1) is 10.2 Å². The van der Waals surface area contributed by atoms with Gasteiger partial charge in [-0.2, -0.15) is 13.2 Å². The predicted octanol–water partition coefficient (Wildman–Crippen LogP) is 5.22. The number of aryl methyl sites for hydroxylation is 1. The fraction of sp³-hybridized carbons (Fsp3) is 0.375. The van der Waals surface area contributed by atoms with E-state index in [9.17, 15) is 18.0 Å². The number of nitrogens with zero attached hydrogens (tertiary/aromatic N) is 4. The Hall–Kier alpha value is -3.16. The van der Waals surface area contributed by atoms with Gasteiger partial charge >= 0.3 is 6.18 Å². The zero-order valence-electron chi connectivity index (χ0n) is 17.9. The molecule has 166 valence electrons. The normalized spacial score (nSPS) is 17.0. The smallest absolute Gasteiger partial charge is 0.321 e. The molecule has 0 N–H and O–H groups in total. The van der Waals surface area contributed by atoms with Crippen molar-refractivity contribution in [1.29, 1.82) is 0 Å². The molecule has 1 fully saturated rings. The first-order valence-electron chi connectivity index (χ1n) is 10.7. The van der Waals surface area contributed by atoms with Crippen LogP contribution in [0, 0.1) is 0 Å². The molecule has 32 heavy (non-hydrogen) atoms. The molecule has 1 atom stereocenters. The topological polar surface area (TPSA) is 51.0 Å². The van der Waals surface area contributed by atoms with Gasteiger partial charge in [0.25, 0.3) is 5.91 Å². The molecule has 1 amide bonds. The minimum atomic E-state index is -4.49. The lowest BCUT2D eigenvalue weighted by Crippen LogP contribution is -2.23. The van der Waals surface area contributed by atoms with Gasteiger partial charge in [0.2, 0.25) is 0 Å². The van der Waals surface area contributed by atoms with E-state index in [0.29, 0.717) is 17.7 Å². The highest BCUT2D eigenvalue weighted by molar-refractivity contribution is 6.10. The number of hydrogen-bond acceptors (Lipinski definition) is 3. The summed E-state index contributed by atoms with van der Waals surface area (Å²) in [6, 6.07) is 10.4. The molecular formula is C24H23F3N4O. The molecule has 1 aliphatic heterocycles. The Morgan fingerprint density at radius 3 is 2.62 bits per heavy atom. The molecule has 0 bridgehead atoms. The maximum atomic E-state index is 13.8. The van der Waals surface area contributed by atoms with Gasteiger partial charge in [-0.25, -0.2) is 0 Å². The van der Waals surface area contributed by atoms with Crippen LogP contribution in [0.3, 0.4) is 0 Å². The third-order valence-corrected chi connectivity index (χ3v) is 6.46. The van der Waals surface area contributed by atoms with Crippen LogP contribution in [0.15, 0.2) is 42.7 Å². The van der Waals surface area contributed by atoms with Crippen LogP contribution in [0.5, 0.6) is 0 Å². The molecule has 0 saturated heterocycles. The van der Waals surface area contributed by atoms with Gasteiger partial charge in [-0.1, -0.05) is 19.1 Å². The zero-order valence-corrected chi connectivity index (χ0v) is 17.9. The van der Waals surface area contributed by atoms with Crippen molar-refractivity contribution >= 4 is 11.6 Å². The first kappa shape index (κ1) is 20.7. The molecule has 2 aromatic carbocycles. The van der Waals surface area contributed by atoms with Crippen molar-refractivity contribution < 1.29 is 18.0 Å². The van der Waals surface area contributed by atoms with E-state index in [-0.39, 0.29) is 35.4 Å². The van der Waals surface area contributed by atoms with Crippen molar-refractivity contribution in [1.82, 2.24) is 14.8 Å². The summed E-state index contributed by atoms with van der Waals surface area (Å²) < 4.78 is 43.3. The van der Waals surface area contributed by atoms with Crippen molar-refractivity contribution in [3.8, 4) is 0 Å². The van der Waals surface area contributed by atoms with Crippen molar-refractivity contribution in [3.05, 3.63) is 76.4 Å². The van der Waals surface area contributed by atoms with E-state index in [4.69, 9.17) is 0 Å². The van der Waals surface area contributed by atoms with Gasteiger partial charge in [0.1, 0.15) is 12.2 Å². The largest absolute Gasteiger partial charge is 0.416 e. The zero-order chi connectivity index (χ0) is 22.6. The third kappa shape index (κ3) is 3.67. The van der Waals surface area contributed by atoms with Gasteiger partial charge in [0, 0.05) is 24.7 Å². The Morgan fingerprint density at radius 1 is 1.19 bits per heavy atom. The van der Waals surface area contributed by atoms with Crippen LogP contribution in [-0.2, 0) is 26.2 Å². The number of carbonyl (C=O) groups is 1. The van der Waals surface area contributed by atoms with E-state index in [1.54, 1.807) is 18.5 Å². The number of amides is 1. The second-order valence-electron chi connectivity index (χ2n) is 8.82. The third-order valence-electron chi connectivity index (χ3n) is 6.46. The molecule has 1 aliphatic carbocycles. The average molecular weight is 440 g/mol. The van der Waals surface area contributed by atoms with Gasteiger partial charge in [0.15, 0.2) is 0 Å². The fourth-order valence-electron chi connectivity index (χ4n) is 4.43. The maximum Gasteiger partial charge on any atom is 0.416 e. The van der Waals surface area contributed by atoms with E-state index in [1.165, 1.54) is 11.0 Å². The van der Waals surface area contributed by atoms with E-state index in [2.05, 4.69) is 17.1 Å². The monoisotopic (exact) mass is 440 g/mol. The lowest BCUT2D eigenvalue weighted by Gasteiger charge is -2.19. The first-order valence-corrected chi connectivity index (χ1v) is 10.7. The summed E-state index contributed by atoms with van der Waals surface area (Å²) in [6.45, 7) is 1.98. The van der Waals surface area contributed by atoms with Crippen LogP contribution in [-0.4, -0.2) is 20.7 Å². The molecule has 3 aromatic rings. The van der Waals surface area contributed by atoms with Crippen LogP contribution >= 0.6 is 0 Å². The molecular weight excluding hydrogens is 417 g/mol. The highest BCUT2D eigenvalue weighted by Gasteiger charge is 2.41. The first-order chi connectivity index (χ1) is 15.2. The highest BCUT2D eigenvalue weighted by atomic mass is 19.4. The molecule has 2 aliphatic rings. The van der Waals surface area contributed by atoms with E-state index < -0.39 is 11.7 Å². The Bertz CT molecular complexity index is 1200. The average Bonchev–Trinajstić information content (AvgIpc) is 3.46. The Balaban J connectivity index is 1.46. The molecule has 5 nitrogen and oxygen atoms in total.